The fraction of sp³-hybridized carbons (Fsp3) is 0.778. The van der Waals surface area contributed by atoms with Crippen LogP contribution in [-0.2, 0) is 10.6 Å². The molecule has 2 heterocycles. The van der Waals surface area contributed by atoms with Gasteiger partial charge in [-0.15, -0.1) is 16.7 Å². The predicted molar refractivity (Wildman–Crippen MR) is 55.9 cm³/mol. The highest BCUT2D eigenvalue weighted by Gasteiger charge is 2.20. The van der Waals surface area contributed by atoms with Crippen LogP contribution in [0.5, 0.6) is 0 Å². The monoisotopic (exact) mass is 231 g/mol. The maximum atomic E-state index is 5.56. The zero-order valence-corrected chi connectivity index (χ0v) is 9.33. The van der Waals surface area contributed by atoms with Crippen LogP contribution in [0.1, 0.15) is 25.7 Å². The minimum atomic E-state index is 0.249. The number of hydrogen-bond acceptors (Lipinski definition) is 5. The van der Waals surface area contributed by atoms with Gasteiger partial charge in [-0.25, -0.2) is 0 Å². The lowest BCUT2D eigenvalue weighted by atomic mass is 10.1. The Morgan fingerprint density at radius 1 is 1.53 bits per heavy atom. The molecule has 6 heteroatoms. The highest BCUT2D eigenvalue weighted by molar-refractivity contribution is 6.16. The van der Waals surface area contributed by atoms with E-state index in [0.29, 0.717) is 17.9 Å². The van der Waals surface area contributed by atoms with E-state index in [4.69, 9.17) is 20.8 Å². The molecule has 1 fully saturated rings. The van der Waals surface area contributed by atoms with E-state index in [1.165, 1.54) is 0 Å². The molecule has 2 unspecified atom stereocenters. The van der Waals surface area contributed by atoms with Gasteiger partial charge in [0, 0.05) is 12.6 Å². The molecule has 1 aliphatic rings. The van der Waals surface area contributed by atoms with Crippen molar-refractivity contribution < 1.29 is 9.15 Å². The summed E-state index contributed by atoms with van der Waals surface area (Å²) in [6.07, 6.45) is 2.20. The fourth-order valence-electron chi connectivity index (χ4n) is 1.67. The van der Waals surface area contributed by atoms with E-state index < -0.39 is 0 Å². The second-order valence-corrected chi connectivity index (χ2v) is 3.95. The fourth-order valence-corrected chi connectivity index (χ4v) is 1.78. The molecule has 1 aromatic rings. The predicted octanol–water partition coefficient (Wildman–Crippen LogP) is 1.79. The summed E-state index contributed by atoms with van der Waals surface area (Å²) in [6, 6.07) is 0.794. The molecule has 0 spiro atoms. The van der Waals surface area contributed by atoms with Gasteiger partial charge >= 0.3 is 6.01 Å². The summed E-state index contributed by atoms with van der Waals surface area (Å²) in [4.78, 5) is 0. The number of aromatic nitrogens is 2. The molecule has 84 valence electrons. The molecular formula is C9H14ClN3O2. The number of alkyl halides is 1. The van der Waals surface area contributed by atoms with Gasteiger partial charge in [0.25, 0.3) is 0 Å². The van der Waals surface area contributed by atoms with Crippen LogP contribution in [0.15, 0.2) is 4.42 Å². The maximum Gasteiger partial charge on any atom is 0.315 e. The summed E-state index contributed by atoms with van der Waals surface area (Å²) in [6.45, 7) is 2.83. The Morgan fingerprint density at radius 2 is 2.40 bits per heavy atom. The van der Waals surface area contributed by atoms with Gasteiger partial charge in [0.15, 0.2) is 0 Å². The van der Waals surface area contributed by atoms with Crippen LogP contribution < -0.4 is 5.32 Å². The van der Waals surface area contributed by atoms with Gasteiger partial charge in [-0.1, -0.05) is 5.10 Å². The van der Waals surface area contributed by atoms with E-state index in [1.807, 2.05) is 0 Å². The van der Waals surface area contributed by atoms with Crippen LogP contribution in [0.2, 0.25) is 0 Å². The van der Waals surface area contributed by atoms with Crippen LogP contribution in [0.4, 0.5) is 6.01 Å². The largest absolute Gasteiger partial charge is 0.407 e. The summed E-state index contributed by atoms with van der Waals surface area (Å²) in [7, 11) is 0. The minimum absolute atomic E-state index is 0.249. The average molecular weight is 232 g/mol. The van der Waals surface area contributed by atoms with Crippen LogP contribution in [0.3, 0.4) is 0 Å². The normalized spacial score (nSPS) is 26.5. The van der Waals surface area contributed by atoms with Crippen molar-refractivity contribution in [3.63, 3.8) is 0 Å². The third-order valence-corrected chi connectivity index (χ3v) is 2.62. The SMILES string of the molecule is CC1CC(Nc2nnc(CCl)o2)CCO1. The van der Waals surface area contributed by atoms with Crippen molar-refractivity contribution in [1.82, 2.24) is 10.2 Å². The zero-order valence-electron chi connectivity index (χ0n) is 8.57. The summed E-state index contributed by atoms with van der Waals surface area (Å²) in [5.41, 5.74) is 0. The first-order chi connectivity index (χ1) is 7.28. The number of hydrogen-bond donors (Lipinski definition) is 1. The van der Waals surface area contributed by atoms with Crippen molar-refractivity contribution in [3.05, 3.63) is 5.89 Å². The Bertz CT molecular complexity index is 318. The second kappa shape index (κ2) is 4.81. The van der Waals surface area contributed by atoms with Gasteiger partial charge in [-0.3, -0.25) is 0 Å². The number of halogens is 1. The molecule has 0 aromatic carbocycles. The molecule has 1 aromatic heterocycles. The number of rotatable bonds is 3. The van der Waals surface area contributed by atoms with Crippen molar-refractivity contribution in [1.29, 1.82) is 0 Å². The smallest absolute Gasteiger partial charge is 0.315 e. The van der Waals surface area contributed by atoms with E-state index >= 15 is 0 Å². The standard InChI is InChI=1S/C9H14ClN3O2/c1-6-4-7(2-3-14-6)11-9-13-12-8(5-10)15-9/h6-7H,2-5H2,1H3,(H,11,13). The Kier molecular flexibility index (Phi) is 3.43. The molecule has 0 amide bonds. The molecule has 5 nitrogen and oxygen atoms in total. The topological polar surface area (TPSA) is 60.2 Å². The Morgan fingerprint density at radius 3 is 3.07 bits per heavy atom. The summed E-state index contributed by atoms with van der Waals surface area (Å²) < 4.78 is 10.7. The van der Waals surface area contributed by atoms with Crippen LogP contribution in [0.25, 0.3) is 0 Å². The minimum Gasteiger partial charge on any atom is -0.407 e. The Balaban J connectivity index is 1.90. The molecule has 1 saturated heterocycles. The molecule has 2 rings (SSSR count). The van der Waals surface area contributed by atoms with E-state index in [1.54, 1.807) is 0 Å². The van der Waals surface area contributed by atoms with Gasteiger partial charge in [0.05, 0.1) is 6.10 Å². The summed E-state index contributed by atoms with van der Waals surface area (Å²) >= 11 is 5.56. The number of nitrogens with zero attached hydrogens (tertiary/aromatic N) is 2. The van der Waals surface area contributed by atoms with E-state index in [-0.39, 0.29) is 12.0 Å². The lowest BCUT2D eigenvalue weighted by Crippen LogP contribution is -2.32. The van der Waals surface area contributed by atoms with Crippen molar-refractivity contribution in [3.8, 4) is 0 Å². The first-order valence-electron chi connectivity index (χ1n) is 5.04. The first-order valence-corrected chi connectivity index (χ1v) is 5.58. The highest BCUT2D eigenvalue weighted by Crippen LogP contribution is 2.18. The Hall–Kier alpha value is -0.810. The number of nitrogens with one attached hydrogen (secondary N) is 1. The summed E-state index contributed by atoms with van der Waals surface area (Å²) in [5, 5.41) is 10.8. The number of ether oxygens (including phenoxy) is 1. The van der Waals surface area contributed by atoms with Gasteiger partial charge in [0.1, 0.15) is 5.88 Å². The second-order valence-electron chi connectivity index (χ2n) is 3.68. The number of anilines is 1. The zero-order chi connectivity index (χ0) is 10.7. The molecular weight excluding hydrogens is 218 g/mol. The molecule has 1 aliphatic heterocycles. The van der Waals surface area contributed by atoms with Gasteiger partial charge < -0.3 is 14.5 Å². The van der Waals surface area contributed by atoms with Crippen molar-refractivity contribution in [2.24, 2.45) is 0 Å². The molecule has 0 aliphatic carbocycles. The van der Waals surface area contributed by atoms with Crippen LogP contribution >= 0.6 is 11.6 Å². The first kappa shape index (κ1) is 10.7. The average Bonchev–Trinajstić information content (AvgIpc) is 2.65. The third-order valence-electron chi connectivity index (χ3n) is 2.39. The van der Waals surface area contributed by atoms with E-state index in [2.05, 4.69) is 22.4 Å². The van der Waals surface area contributed by atoms with E-state index in [9.17, 15) is 0 Å². The molecule has 1 N–H and O–H groups in total. The van der Waals surface area contributed by atoms with Crippen molar-refractivity contribution >= 4 is 17.6 Å². The van der Waals surface area contributed by atoms with Crippen molar-refractivity contribution in [2.45, 2.75) is 37.8 Å². The third kappa shape index (κ3) is 2.82. The van der Waals surface area contributed by atoms with Crippen LogP contribution in [0, 0.1) is 0 Å². The van der Waals surface area contributed by atoms with Gasteiger partial charge in [-0.05, 0) is 19.8 Å². The van der Waals surface area contributed by atoms with Crippen molar-refractivity contribution in [2.75, 3.05) is 11.9 Å². The quantitative estimate of drug-likeness (QED) is 0.804. The molecule has 0 bridgehead atoms. The maximum absolute atomic E-state index is 5.56. The van der Waals surface area contributed by atoms with Gasteiger partial charge in [-0.2, -0.15) is 0 Å². The molecule has 0 saturated carbocycles. The Labute approximate surface area is 93.1 Å². The molecule has 15 heavy (non-hydrogen) atoms. The van der Waals surface area contributed by atoms with Crippen LogP contribution in [-0.4, -0.2) is 29.0 Å². The molecule has 0 radical (unpaired) electrons. The lowest BCUT2D eigenvalue weighted by Gasteiger charge is -2.27. The molecule has 2 atom stereocenters. The summed E-state index contributed by atoms with van der Waals surface area (Å²) in [5.74, 6) is 0.693. The highest BCUT2D eigenvalue weighted by atomic mass is 35.5. The van der Waals surface area contributed by atoms with Gasteiger partial charge in [0.2, 0.25) is 5.89 Å². The lowest BCUT2D eigenvalue weighted by molar-refractivity contribution is 0.0229. The van der Waals surface area contributed by atoms with E-state index in [0.717, 1.165) is 19.4 Å².